The molecule has 0 spiro atoms. The molecule has 0 aliphatic rings. The highest BCUT2D eigenvalue weighted by Gasteiger charge is 2.13. The third-order valence-corrected chi connectivity index (χ3v) is 5.41. The summed E-state index contributed by atoms with van der Waals surface area (Å²) >= 11 is 0. The number of amides is 1. The maximum absolute atomic E-state index is 11.9. The van der Waals surface area contributed by atoms with Crippen LogP contribution in [0.25, 0.3) is 33.1 Å². The van der Waals surface area contributed by atoms with Crippen LogP contribution in [0.4, 0.5) is 0 Å². The summed E-state index contributed by atoms with van der Waals surface area (Å²) in [5, 5.41) is 0.953. The molecule has 6 nitrogen and oxygen atoms in total. The molecule has 0 aliphatic heterocycles. The van der Waals surface area contributed by atoms with Gasteiger partial charge in [0.15, 0.2) is 0 Å². The summed E-state index contributed by atoms with van der Waals surface area (Å²) in [6, 6.07) is 23.6. The quantitative estimate of drug-likeness (QED) is 0.467. The second kappa shape index (κ2) is 7.57. The molecule has 5 rings (SSSR count). The summed E-state index contributed by atoms with van der Waals surface area (Å²) < 4.78 is 7.35. The predicted octanol–water partition coefficient (Wildman–Crippen LogP) is 4.41. The molecule has 2 aromatic heterocycles. The number of nitrogens with zero attached hydrogens (tertiary/aromatic N) is 3. The normalized spacial score (nSPS) is 11.1. The Labute approximate surface area is 178 Å². The monoisotopic (exact) mass is 408 g/mol. The topological polar surface area (TPSA) is 83.0 Å². The lowest BCUT2D eigenvalue weighted by molar-refractivity contribution is 0.0996. The maximum atomic E-state index is 11.9. The first-order valence-electron chi connectivity index (χ1n) is 9.90. The first-order chi connectivity index (χ1) is 15.1. The van der Waals surface area contributed by atoms with E-state index in [1.54, 1.807) is 13.2 Å². The summed E-state index contributed by atoms with van der Waals surface area (Å²) in [7, 11) is 1.63. The highest BCUT2D eigenvalue weighted by Crippen LogP contribution is 2.31. The van der Waals surface area contributed by atoms with Crippen LogP contribution in [0.1, 0.15) is 16.1 Å². The van der Waals surface area contributed by atoms with Crippen LogP contribution in [-0.2, 0) is 6.54 Å². The van der Waals surface area contributed by atoms with Gasteiger partial charge >= 0.3 is 0 Å². The van der Waals surface area contributed by atoms with Crippen molar-refractivity contribution in [3.63, 3.8) is 0 Å². The fourth-order valence-electron chi connectivity index (χ4n) is 3.84. The molecule has 0 bridgehead atoms. The van der Waals surface area contributed by atoms with Crippen LogP contribution in [0.3, 0.4) is 0 Å². The second-order valence-electron chi connectivity index (χ2n) is 7.36. The third kappa shape index (κ3) is 3.48. The number of imidazole rings is 1. The Morgan fingerprint density at radius 1 is 1.00 bits per heavy atom. The van der Waals surface area contributed by atoms with Gasteiger partial charge in [-0.25, -0.2) is 9.97 Å². The van der Waals surface area contributed by atoms with Crippen molar-refractivity contribution in [1.29, 1.82) is 0 Å². The van der Waals surface area contributed by atoms with Gasteiger partial charge < -0.3 is 15.0 Å². The number of ether oxygens (including phenoxy) is 1. The van der Waals surface area contributed by atoms with Crippen LogP contribution in [0.15, 0.2) is 79.1 Å². The molecule has 152 valence electrons. The summed E-state index contributed by atoms with van der Waals surface area (Å²) in [5.74, 6) is 0.217. The van der Waals surface area contributed by atoms with Crippen molar-refractivity contribution < 1.29 is 9.53 Å². The van der Waals surface area contributed by atoms with Crippen molar-refractivity contribution in [2.75, 3.05) is 7.11 Å². The smallest absolute Gasteiger partial charge is 0.267 e. The van der Waals surface area contributed by atoms with Crippen molar-refractivity contribution in [1.82, 2.24) is 14.5 Å². The molecule has 0 radical (unpaired) electrons. The Kier molecular flexibility index (Phi) is 4.59. The molecule has 2 heterocycles. The molecule has 3 aromatic carbocycles. The van der Waals surface area contributed by atoms with Gasteiger partial charge in [-0.3, -0.25) is 4.79 Å². The predicted molar refractivity (Wildman–Crippen MR) is 121 cm³/mol. The Hall–Kier alpha value is -4.19. The number of aromatic nitrogens is 3. The first kappa shape index (κ1) is 18.8. The largest absolute Gasteiger partial charge is 0.497 e. The van der Waals surface area contributed by atoms with E-state index >= 15 is 0 Å². The number of hydrogen-bond acceptors (Lipinski definition) is 4. The fourth-order valence-corrected chi connectivity index (χ4v) is 3.84. The lowest BCUT2D eigenvalue weighted by atomic mass is 9.98. The van der Waals surface area contributed by atoms with E-state index in [9.17, 15) is 4.79 Å². The number of carbonyl (C=O) groups excluding carboxylic acids is 1. The van der Waals surface area contributed by atoms with Gasteiger partial charge in [-0.1, -0.05) is 36.4 Å². The number of hydrogen-bond donors (Lipinski definition) is 1. The molecule has 31 heavy (non-hydrogen) atoms. The van der Waals surface area contributed by atoms with Gasteiger partial charge in [0, 0.05) is 11.9 Å². The van der Waals surface area contributed by atoms with E-state index in [4.69, 9.17) is 10.5 Å². The van der Waals surface area contributed by atoms with Crippen molar-refractivity contribution in [3.05, 3.63) is 90.4 Å². The van der Waals surface area contributed by atoms with E-state index in [1.807, 2.05) is 60.9 Å². The van der Waals surface area contributed by atoms with Gasteiger partial charge in [0.25, 0.3) is 5.91 Å². The highest BCUT2D eigenvalue weighted by molar-refractivity contribution is 6.01. The summed E-state index contributed by atoms with van der Waals surface area (Å²) in [5.41, 5.74) is 11.5. The average Bonchev–Trinajstić information content (AvgIpc) is 3.21. The molecule has 0 saturated carbocycles. The SMILES string of the molecule is COc1ccc(-c2cc(C(N)=O)nc3cc(Cn4cnc5ccccc54)ccc23)cc1. The van der Waals surface area contributed by atoms with E-state index < -0.39 is 5.91 Å². The van der Waals surface area contributed by atoms with Crippen LogP contribution < -0.4 is 10.5 Å². The molecule has 5 aromatic rings. The van der Waals surface area contributed by atoms with Gasteiger partial charge in [-0.15, -0.1) is 0 Å². The van der Waals surface area contributed by atoms with Crippen LogP contribution in [0.2, 0.25) is 0 Å². The van der Waals surface area contributed by atoms with E-state index in [-0.39, 0.29) is 5.69 Å². The molecule has 0 saturated heterocycles. The molecule has 0 aliphatic carbocycles. The van der Waals surface area contributed by atoms with E-state index in [0.29, 0.717) is 6.54 Å². The van der Waals surface area contributed by atoms with Gasteiger partial charge in [0.1, 0.15) is 11.4 Å². The molecular weight excluding hydrogens is 388 g/mol. The maximum Gasteiger partial charge on any atom is 0.267 e. The Balaban J connectivity index is 1.61. The van der Waals surface area contributed by atoms with Gasteiger partial charge in [0.2, 0.25) is 0 Å². The lowest BCUT2D eigenvalue weighted by Gasteiger charge is -2.11. The van der Waals surface area contributed by atoms with Crippen molar-refractivity contribution in [3.8, 4) is 16.9 Å². The zero-order chi connectivity index (χ0) is 21.4. The second-order valence-corrected chi connectivity index (χ2v) is 7.36. The van der Waals surface area contributed by atoms with Crippen molar-refractivity contribution >= 4 is 27.8 Å². The number of fused-ring (bicyclic) bond motifs is 2. The molecule has 2 N–H and O–H groups in total. The first-order valence-corrected chi connectivity index (χ1v) is 9.90. The summed E-state index contributed by atoms with van der Waals surface area (Å²) in [6.45, 7) is 0.650. The fraction of sp³-hybridized carbons (Fsp3) is 0.0800. The number of pyridine rings is 1. The van der Waals surface area contributed by atoms with Crippen molar-refractivity contribution in [2.45, 2.75) is 6.54 Å². The Morgan fingerprint density at radius 3 is 2.58 bits per heavy atom. The van der Waals surface area contributed by atoms with Gasteiger partial charge in [-0.05, 0) is 53.1 Å². The van der Waals surface area contributed by atoms with Gasteiger partial charge in [0.05, 0.1) is 30.0 Å². The number of benzene rings is 3. The molecule has 0 atom stereocenters. The van der Waals surface area contributed by atoms with Crippen LogP contribution in [-0.4, -0.2) is 27.6 Å². The highest BCUT2D eigenvalue weighted by atomic mass is 16.5. The molecule has 0 unspecified atom stereocenters. The number of rotatable bonds is 5. The van der Waals surface area contributed by atoms with Crippen LogP contribution >= 0.6 is 0 Å². The zero-order valence-corrected chi connectivity index (χ0v) is 16.9. The number of methoxy groups -OCH3 is 1. The minimum atomic E-state index is -0.553. The summed E-state index contributed by atoms with van der Waals surface area (Å²) in [6.07, 6.45) is 1.84. The summed E-state index contributed by atoms with van der Waals surface area (Å²) in [4.78, 5) is 20.9. The molecule has 0 fully saturated rings. The number of carbonyl (C=O) groups is 1. The zero-order valence-electron chi connectivity index (χ0n) is 16.9. The van der Waals surface area contributed by atoms with E-state index in [1.165, 1.54) is 0 Å². The third-order valence-electron chi connectivity index (χ3n) is 5.41. The Morgan fingerprint density at radius 2 is 1.81 bits per heavy atom. The number of primary amides is 1. The number of para-hydroxylation sites is 2. The molecule has 1 amide bonds. The Bertz CT molecular complexity index is 1420. The molecular formula is C25H20N4O2. The minimum absolute atomic E-state index is 0.239. The van der Waals surface area contributed by atoms with Crippen molar-refractivity contribution in [2.24, 2.45) is 5.73 Å². The number of nitrogens with two attached hydrogens (primary N) is 1. The van der Waals surface area contributed by atoms with Gasteiger partial charge in [-0.2, -0.15) is 0 Å². The standard InChI is InChI=1S/C25H20N4O2/c1-31-18-9-7-17(8-10-18)20-13-23(25(26)30)28-22-12-16(6-11-19(20)22)14-29-15-27-21-4-2-3-5-24(21)29/h2-13,15H,14H2,1H3,(H2,26,30). The van der Waals surface area contributed by atoms with Crippen LogP contribution in [0.5, 0.6) is 5.75 Å². The average molecular weight is 408 g/mol. The minimum Gasteiger partial charge on any atom is -0.497 e. The van der Waals surface area contributed by atoms with E-state index in [0.717, 1.165) is 44.4 Å². The lowest BCUT2D eigenvalue weighted by Crippen LogP contribution is -2.13. The van der Waals surface area contributed by atoms with E-state index in [2.05, 4.69) is 26.7 Å². The van der Waals surface area contributed by atoms with Crippen LogP contribution in [0, 0.1) is 0 Å². The molecule has 6 heteroatoms.